The van der Waals surface area contributed by atoms with Crippen molar-refractivity contribution in [1.29, 1.82) is 0 Å². The molecule has 164 valence electrons. The Labute approximate surface area is 187 Å². The first-order chi connectivity index (χ1) is 15.6. The molecule has 7 nitrogen and oxygen atoms in total. The molecule has 0 bridgehead atoms. The summed E-state index contributed by atoms with van der Waals surface area (Å²) >= 11 is 0. The fraction of sp³-hybridized carbons (Fsp3) is 0.320. The highest BCUT2D eigenvalue weighted by Crippen LogP contribution is 2.29. The standard InChI is InChI=1S/C25H26N4O3/c1-32-20-12-10-18(11-13-20)28-16-17(14-24(28)30)25(31)26-15-22-21-8-5-9-23(21)29(27-22)19-6-3-2-4-7-19/h2-4,6-7,10-13,17H,5,8-9,14-16H2,1H3,(H,26,31). The minimum atomic E-state index is -0.367. The fourth-order valence-corrected chi connectivity index (χ4v) is 4.65. The number of methoxy groups -OCH3 is 1. The molecule has 1 fully saturated rings. The first kappa shape index (κ1) is 20.3. The van der Waals surface area contributed by atoms with Crippen molar-refractivity contribution in [2.24, 2.45) is 5.92 Å². The van der Waals surface area contributed by atoms with E-state index in [1.54, 1.807) is 12.0 Å². The number of para-hydroxylation sites is 1. The molecule has 3 aromatic rings. The number of ether oxygens (including phenoxy) is 1. The highest BCUT2D eigenvalue weighted by atomic mass is 16.5. The molecular weight excluding hydrogens is 404 g/mol. The molecule has 1 aliphatic heterocycles. The summed E-state index contributed by atoms with van der Waals surface area (Å²) in [6.45, 7) is 0.766. The fourth-order valence-electron chi connectivity index (χ4n) is 4.65. The lowest BCUT2D eigenvalue weighted by Gasteiger charge is -2.17. The number of hydrogen-bond donors (Lipinski definition) is 1. The highest BCUT2D eigenvalue weighted by Gasteiger charge is 2.35. The highest BCUT2D eigenvalue weighted by molar-refractivity contribution is 6.00. The number of amides is 2. The van der Waals surface area contributed by atoms with Gasteiger partial charge in [-0.1, -0.05) is 18.2 Å². The summed E-state index contributed by atoms with van der Waals surface area (Å²) in [5.74, 6) is 0.228. The van der Waals surface area contributed by atoms with E-state index in [-0.39, 0.29) is 24.2 Å². The molecule has 1 aliphatic carbocycles. The van der Waals surface area contributed by atoms with Crippen LogP contribution in [-0.4, -0.2) is 35.2 Å². The Kier molecular flexibility index (Phi) is 5.39. The molecule has 5 rings (SSSR count). The Morgan fingerprint density at radius 1 is 1.09 bits per heavy atom. The zero-order valence-electron chi connectivity index (χ0n) is 18.1. The molecule has 7 heteroatoms. The van der Waals surface area contributed by atoms with Crippen LogP contribution in [0.1, 0.15) is 29.8 Å². The Balaban J connectivity index is 1.26. The minimum Gasteiger partial charge on any atom is -0.497 e. The third kappa shape index (κ3) is 3.75. The van der Waals surface area contributed by atoms with Gasteiger partial charge in [0.05, 0.1) is 31.0 Å². The van der Waals surface area contributed by atoms with Crippen LogP contribution in [0.2, 0.25) is 0 Å². The quantitative estimate of drug-likeness (QED) is 0.652. The van der Waals surface area contributed by atoms with Gasteiger partial charge in [0.1, 0.15) is 5.75 Å². The molecule has 2 amide bonds. The van der Waals surface area contributed by atoms with E-state index in [1.165, 1.54) is 11.3 Å². The van der Waals surface area contributed by atoms with Crippen LogP contribution in [0.4, 0.5) is 5.69 Å². The Morgan fingerprint density at radius 3 is 2.62 bits per heavy atom. The van der Waals surface area contributed by atoms with Gasteiger partial charge in [-0.05, 0) is 61.2 Å². The second-order valence-electron chi connectivity index (χ2n) is 8.29. The second-order valence-corrected chi connectivity index (χ2v) is 8.29. The molecule has 1 atom stereocenters. The third-order valence-corrected chi connectivity index (χ3v) is 6.32. The van der Waals surface area contributed by atoms with Crippen LogP contribution in [0.25, 0.3) is 5.69 Å². The van der Waals surface area contributed by atoms with E-state index in [0.717, 1.165) is 42.1 Å². The summed E-state index contributed by atoms with van der Waals surface area (Å²) in [5, 5.41) is 7.84. The molecule has 0 saturated carbocycles. The zero-order chi connectivity index (χ0) is 22.1. The number of fused-ring (bicyclic) bond motifs is 1. The monoisotopic (exact) mass is 430 g/mol. The van der Waals surface area contributed by atoms with Crippen LogP contribution < -0.4 is 15.0 Å². The predicted octanol–water partition coefficient (Wildman–Crippen LogP) is 3.04. The Hall–Kier alpha value is -3.61. The molecule has 1 unspecified atom stereocenters. The van der Waals surface area contributed by atoms with Crippen molar-refractivity contribution < 1.29 is 14.3 Å². The molecule has 0 spiro atoms. The summed E-state index contributed by atoms with van der Waals surface area (Å²) in [4.78, 5) is 27.1. The van der Waals surface area contributed by atoms with Crippen molar-refractivity contribution in [2.75, 3.05) is 18.6 Å². The lowest BCUT2D eigenvalue weighted by molar-refractivity contribution is -0.126. The van der Waals surface area contributed by atoms with E-state index in [2.05, 4.69) is 5.32 Å². The van der Waals surface area contributed by atoms with Gasteiger partial charge in [-0.15, -0.1) is 0 Å². The van der Waals surface area contributed by atoms with Crippen molar-refractivity contribution in [2.45, 2.75) is 32.2 Å². The van der Waals surface area contributed by atoms with Crippen molar-refractivity contribution in [1.82, 2.24) is 15.1 Å². The van der Waals surface area contributed by atoms with Crippen molar-refractivity contribution >= 4 is 17.5 Å². The predicted molar refractivity (Wildman–Crippen MR) is 121 cm³/mol. The van der Waals surface area contributed by atoms with Crippen LogP contribution in [0.15, 0.2) is 54.6 Å². The minimum absolute atomic E-state index is 0.0374. The summed E-state index contributed by atoms with van der Waals surface area (Å²) in [6.07, 6.45) is 3.31. The Morgan fingerprint density at radius 2 is 1.88 bits per heavy atom. The molecule has 1 N–H and O–H groups in total. The van der Waals surface area contributed by atoms with Crippen LogP contribution in [0.5, 0.6) is 5.75 Å². The average molecular weight is 431 g/mol. The summed E-state index contributed by atoms with van der Waals surface area (Å²) in [7, 11) is 1.61. The number of nitrogens with zero attached hydrogens (tertiary/aromatic N) is 3. The number of benzene rings is 2. The smallest absolute Gasteiger partial charge is 0.227 e. The molecule has 32 heavy (non-hydrogen) atoms. The second kappa shape index (κ2) is 8.49. The largest absolute Gasteiger partial charge is 0.497 e. The van der Waals surface area contributed by atoms with Crippen LogP contribution in [0, 0.1) is 5.92 Å². The molecule has 2 aromatic carbocycles. The van der Waals surface area contributed by atoms with E-state index < -0.39 is 0 Å². The van der Waals surface area contributed by atoms with Crippen LogP contribution in [0.3, 0.4) is 0 Å². The van der Waals surface area contributed by atoms with E-state index in [9.17, 15) is 9.59 Å². The maximum atomic E-state index is 12.9. The van der Waals surface area contributed by atoms with Crippen molar-refractivity contribution in [3.8, 4) is 11.4 Å². The van der Waals surface area contributed by atoms with Crippen molar-refractivity contribution in [3.63, 3.8) is 0 Å². The van der Waals surface area contributed by atoms with Crippen LogP contribution in [-0.2, 0) is 29.0 Å². The van der Waals surface area contributed by atoms with Crippen LogP contribution >= 0.6 is 0 Å². The van der Waals surface area contributed by atoms with Gasteiger partial charge in [-0.3, -0.25) is 9.59 Å². The summed E-state index contributed by atoms with van der Waals surface area (Å²) in [6, 6.07) is 17.4. The molecule has 0 radical (unpaired) electrons. The maximum absolute atomic E-state index is 12.9. The number of rotatable bonds is 6. The molecule has 1 aromatic heterocycles. The Bertz CT molecular complexity index is 1140. The van der Waals surface area contributed by atoms with E-state index in [0.29, 0.717) is 13.1 Å². The van der Waals surface area contributed by atoms with Gasteiger partial charge in [0.15, 0.2) is 0 Å². The van der Waals surface area contributed by atoms with Gasteiger partial charge < -0.3 is 15.0 Å². The number of anilines is 1. The molecule has 1 saturated heterocycles. The first-order valence-electron chi connectivity index (χ1n) is 11.0. The number of carbonyl (C=O) groups is 2. The number of nitrogens with one attached hydrogen (secondary N) is 1. The van der Waals surface area contributed by atoms with Gasteiger partial charge in [-0.2, -0.15) is 5.10 Å². The van der Waals surface area contributed by atoms with E-state index in [1.807, 2.05) is 59.3 Å². The van der Waals surface area contributed by atoms with Gasteiger partial charge in [0, 0.05) is 24.3 Å². The lowest BCUT2D eigenvalue weighted by atomic mass is 10.1. The first-order valence-corrected chi connectivity index (χ1v) is 11.0. The topological polar surface area (TPSA) is 76.5 Å². The zero-order valence-corrected chi connectivity index (χ0v) is 18.1. The maximum Gasteiger partial charge on any atom is 0.227 e. The van der Waals surface area contributed by atoms with Gasteiger partial charge >= 0.3 is 0 Å². The normalized spacial score (nSPS) is 17.5. The van der Waals surface area contributed by atoms with Gasteiger partial charge in [-0.25, -0.2) is 4.68 Å². The van der Waals surface area contributed by atoms with Gasteiger partial charge in [0.25, 0.3) is 0 Å². The van der Waals surface area contributed by atoms with E-state index in [4.69, 9.17) is 9.84 Å². The molecule has 2 aliphatic rings. The number of aromatic nitrogens is 2. The molecule has 2 heterocycles. The number of carbonyl (C=O) groups excluding carboxylic acids is 2. The average Bonchev–Trinajstić information content (AvgIpc) is 3.54. The lowest BCUT2D eigenvalue weighted by Crippen LogP contribution is -2.33. The van der Waals surface area contributed by atoms with Crippen molar-refractivity contribution in [3.05, 3.63) is 71.5 Å². The van der Waals surface area contributed by atoms with Gasteiger partial charge in [0.2, 0.25) is 11.8 Å². The van der Waals surface area contributed by atoms with E-state index >= 15 is 0 Å². The summed E-state index contributed by atoms with van der Waals surface area (Å²) < 4.78 is 7.19. The molecular formula is C25H26N4O3. The number of hydrogen-bond acceptors (Lipinski definition) is 4. The summed E-state index contributed by atoms with van der Waals surface area (Å²) in [5.41, 5.74) is 5.23. The SMILES string of the molecule is COc1ccc(N2CC(C(=O)NCc3nn(-c4ccccc4)c4c3CCC4)CC2=O)cc1. The third-order valence-electron chi connectivity index (χ3n) is 6.32.